The van der Waals surface area contributed by atoms with E-state index in [4.69, 9.17) is 23.2 Å². The minimum Gasteiger partial charge on any atom is -0.468 e. The molecule has 0 fully saturated rings. The highest BCUT2D eigenvalue weighted by molar-refractivity contribution is 6.35. The molecule has 0 radical (unpaired) electrons. The number of benzene rings is 1. The molecule has 0 heterocycles. The molecule has 88 valence electrons. The van der Waals surface area contributed by atoms with Crippen molar-refractivity contribution < 1.29 is 9.53 Å². The van der Waals surface area contributed by atoms with Crippen LogP contribution in [0, 0.1) is 0 Å². The van der Waals surface area contributed by atoms with Crippen LogP contribution in [0.1, 0.15) is 5.56 Å². The first-order chi connectivity index (χ1) is 7.54. The molecule has 0 atom stereocenters. The average Bonchev–Trinajstić information content (AvgIpc) is 2.23. The second kappa shape index (κ2) is 6.09. The van der Waals surface area contributed by atoms with Crippen LogP contribution in [-0.4, -0.2) is 31.6 Å². The highest BCUT2D eigenvalue weighted by atomic mass is 35.5. The molecule has 16 heavy (non-hydrogen) atoms. The van der Waals surface area contributed by atoms with Crippen LogP contribution in [0.15, 0.2) is 18.2 Å². The minimum absolute atomic E-state index is 0.206. The molecule has 1 aromatic carbocycles. The number of hydrogen-bond acceptors (Lipinski definition) is 3. The largest absolute Gasteiger partial charge is 0.468 e. The van der Waals surface area contributed by atoms with Gasteiger partial charge in [-0.25, -0.2) is 0 Å². The van der Waals surface area contributed by atoms with Gasteiger partial charge >= 0.3 is 5.97 Å². The van der Waals surface area contributed by atoms with Crippen molar-refractivity contribution in [1.82, 2.24) is 4.90 Å². The third-order valence-electron chi connectivity index (χ3n) is 2.12. The summed E-state index contributed by atoms with van der Waals surface area (Å²) in [7, 11) is 3.16. The number of halogens is 2. The lowest BCUT2D eigenvalue weighted by Gasteiger charge is -2.16. The summed E-state index contributed by atoms with van der Waals surface area (Å²) in [6.45, 7) is 0.714. The first-order valence-corrected chi connectivity index (χ1v) is 5.48. The molecule has 0 aliphatic heterocycles. The maximum Gasteiger partial charge on any atom is 0.319 e. The van der Waals surface area contributed by atoms with E-state index < -0.39 is 0 Å². The minimum atomic E-state index is -0.286. The van der Waals surface area contributed by atoms with E-state index in [-0.39, 0.29) is 12.5 Å². The van der Waals surface area contributed by atoms with Crippen LogP contribution in [-0.2, 0) is 16.1 Å². The fourth-order valence-electron chi connectivity index (χ4n) is 1.29. The Morgan fingerprint density at radius 3 is 2.44 bits per heavy atom. The number of rotatable bonds is 4. The van der Waals surface area contributed by atoms with E-state index in [2.05, 4.69) is 4.74 Å². The molecule has 5 heteroatoms. The SMILES string of the molecule is COC(=O)CN(C)Cc1c(Cl)cccc1Cl. The Balaban J connectivity index is 2.69. The van der Waals surface area contributed by atoms with Crippen LogP contribution in [0.4, 0.5) is 0 Å². The average molecular weight is 262 g/mol. The molecule has 3 nitrogen and oxygen atoms in total. The van der Waals surface area contributed by atoms with Gasteiger partial charge in [0.15, 0.2) is 0 Å². The second-order valence-electron chi connectivity index (χ2n) is 3.45. The van der Waals surface area contributed by atoms with Crippen LogP contribution >= 0.6 is 23.2 Å². The Kier molecular flexibility index (Phi) is 5.06. The Hall–Kier alpha value is -0.770. The summed E-state index contributed by atoms with van der Waals surface area (Å²) >= 11 is 12.0. The Bertz CT molecular complexity index is 362. The van der Waals surface area contributed by atoms with Gasteiger partial charge in [0.05, 0.1) is 13.7 Å². The Morgan fingerprint density at radius 1 is 1.38 bits per heavy atom. The summed E-state index contributed by atoms with van der Waals surface area (Å²) in [4.78, 5) is 12.8. The molecular formula is C11H13Cl2NO2. The number of esters is 1. The summed E-state index contributed by atoms with van der Waals surface area (Å²) in [5.41, 5.74) is 0.817. The van der Waals surface area contributed by atoms with Crippen molar-refractivity contribution in [2.45, 2.75) is 6.54 Å². The van der Waals surface area contributed by atoms with E-state index in [1.54, 1.807) is 30.1 Å². The van der Waals surface area contributed by atoms with E-state index in [9.17, 15) is 4.79 Å². The molecule has 0 unspecified atom stereocenters. The molecule has 1 aromatic rings. The monoisotopic (exact) mass is 261 g/mol. The molecule has 1 rings (SSSR count). The number of methoxy groups -OCH3 is 1. The lowest BCUT2D eigenvalue weighted by atomic mass is 10.2. The summed E-state index contributed by atoms with van der Waals surface area (Å²) in [6.07, 6.45) is 0. The van der Waals surface area contributed by atoms with Gasteiger partial charge in [-0.05, 0) is 19.2 Å². The zero-order chi connectivity index (χ0) is 12.1. The molecule has 0 aromatic heterocycles. The molecule has 0 saturated carbocycles. The van der Waals surface area contributed by atoms with E-state index in [1.165, 1.54) is 7.11 Å². The molecule has 0 N–H and O–H groups in total. The van der Waals surface area contributed by atoms with Gasteiger partial charge < -0.3 is 4.74 Å². The van der Waals surface area contributed by atoms with E-state index >= 15 is 0 Å². The van der Waals surface area contributed by atoms with Crippen LogP contribution < -0.4 is 0 Å². The van der Waals surface area contributed by atoms with Gasteiger partial charge in [-0.15, -0.1) is 0 Å². The van der Waals surface area contributed by atoms with E-state index in [1.807, 2.05) is 0 Å². The van der Waals surface area contributed by atoms with Gasteiger partial charge in [-0.1, -0.05) is 29.3 Å². The smallest absolute Gasteiger partial charge is 0.319 e. The standard InChI is InChI=1S/C11H13Cl2NO2/c1-14(7-11(15)16-2)6-8-9(12)4-3-5-10(8)13/h3-5H,6-7H2,1-2H3. The van der Waals surface area contributed by atoms with Crippen molar-refractivity contribution in [3.05, 3.63) is 33.8 Å². The third kappa shape index (κ3) is 3.67. The maximum atomic E-state index is 11.1. The zero-order valence-corrected chi connectivity index (χ0v) is 10.7. The van der Waals surface area contributed by atoms with Gasteiger partial charge in [-0.3, -0.25) is 9.69 Å². The second-order valence-corrected chi connectivity index (χ2v) is 4.26. The number of likely N-dealkylation sites (N-methyl/N-ethyl adjacent to an activating group) is 1. The van der Waals surface area contributed by atoms with Crippen molar-refractivity contribution in [2.75, 3.05) is 20.7 Å². The highest BCUT2D eigenvalue weighted by Gasteiger charge is 2.11. The highest BCUT2D eigenvalue weighted by Crippen LogP contribution is 2.25. The number of carbonyl (C=O) groups is 1. The van der Waals surface area contributed by atoms with Crippen molar-refractivity contribution in [3.8, 4) is 0 Å². The van der Waals surface area contributed by atoms with Gasteiger partial charge in [0, 0.05) is 22.2 Å². The van der Waals surface area contributed by atoms with Gasteiger partial charge in [-0.2, -0.15) is 0 Å². The first kappa shape index (κ1) is 13.3. The fourth-order valence-corrected chi connectivity index (χ4v) is 1.81. The fraction of sp³-hybridized carbons (Fsp3) is 0.364. The Labute approximate surface area is 105 Å². The normalized spacial score (nSPS) is 10.6. The summed E-state index contributed by atoms with van der Waals surface area (Å²) in [5.74, 6) is -0.286. The lowest BCUT2D eigenvalue weighted by molar-refractivity contribution is -0.141. The molecule has 0 saturated heterocycles. The van der Waals surface area contributed by atoms with Gasteiger partial charge in [0.2, 0.25) is 0 Å². The van der Waals surface area contributed by atoms with Crippen molar-refractivity contribution >= 4 is 29.2 Å². The van der Waals surface area contributed by atoms with Crippen molar-refractivity contribution in [2.24, 2.45) is 0 Å². The topological polar surface area (TPSA) is 29.5 Å². The quantitative estimate of drug-likeness (QED) is 0.781. The summed E-state index contributed by atoms with van der Waals surface area (Å²) in [5, 5.41) is 1.20. The molecule has 0 bridgehead atoms. The molecular weight excluding hydrogens is 249 g/mol. The molecule has 0 spiro atoms. The molecule has 0 aliphatic carbocycles. The molecule has 0 aliphatic rings. The van der Waals surface area contributed by atoms with E-state index in [0.717, 1.165) is 5.56 Å². The van der Waals surface area contributed by atoms with Crippen molar-refractivity contribution in [1.29, 1.82) is 0 Å². The number of ether oxygens (including phenoxy) is 1. The maximum absolute atomic E-state index is 11.1. The predicted molar refractivity (Wildman–Crippen MR) is 64.8 cm³/mol. The predicted octanol–water partition coefficient (Wildman–Crippen LogP) is 2.60. The van der Waals surface area contributed by atoms with Crippen LogP contribution in [0.25, 0.3) is 0 Å². The van der Waals surface area contributed by atoms with Crippen LogP contribution in [0.3, 0.4) is 0 Å². The van der Waals surface area contributed by atoms with Gasteiger partial charge in [0.1, 0.15) is 0 Å². The van der Waals surface area contributed by atoms with Crippen LogP contribution in [0.2, 0.25) is 10.0 Å². The molecule has 0 amide bonds. The lowest BCUT2D eigenvalue weighted by Crippen LogP contribution is -2.26. The van der Waals surface area contributed by atoms with Crippen molar-refractivity contribution in [3.63, 3.8) is 0 Å². The Morgan fingerprint density at radius 2 is 1.94 bits per heavy atom. The number of nitrogens with zero attached hydrogens (tertiary/aromatic N) is 1. The van der Waals surface area contributed by atoms with Gasteiger partial charge in [0.25, 0.3) is 0 Å². The number of hydrogen-bond donors (Lipinski definition) is 0. The first-order valence-electron chi connectivity index (χ1n) is 4.73. The summed E-state index contributed by atoms with van der Waals surface area (Å²) in [6, 6.07) is 5.33. The third-order valence-corrected chi connectivity index (χ3v) is 2.82. The van der Waals surface area contributed by atoms with Crippen LogP contribution in [0.5, 0.6) is 0 Å². The summed E-state index contributed by atoms with van der Waals surface area (Å²) < 4.78 is 4.57. The van der Waals surface area contributed by atoms with E-state index in [0.29, 0.717) is 16.6 Å². The zero-order valence-electron chi connectivity index (χ0n) is 9.17. The number of carbonyl (C=O) groups excluding carboxylic acids is 1.